The molecule has 2 rings (SSSR count). The van der Waals surface area contributed by atoms with Gasteiger partial charge in [-0.2, -0.15) is 0 Å². The molecule has 1 nitrogen and oxygen atoms in total. The topological polar surface area (TPSA) is 3.24 Å². The summed E-state index contributed by atoms with van der Waals surface area (Å²) < 4.78 is 0. The van der Waals surface area contributed by atoms with Gasteiger partial charge in [-0.15, -0.1) is 0 Å². The van der Waals surface area contributed by atoms with Crippen LogP contribution in [0.3, 0.4) is 0 Å². The molecule has 0 N–H and O–H groups in total. The molecule has 0 spiro atoms. The second-order valence-electron chi connectivity index (χ2n) is 7.38. The van der Waals surface area contributed by atoms with Gasteiger partial charge in [0.05, 0.1) is 0 Å². The lowest BCUT2D eigenvalue weighted by Crippen LogP contribution is -2.40. The van der Waals surface area contributed by atoms with E-state index in [1.807, 2.05) is 0 Å². The largest absolute Gasteiger partial charge is 0.300 e. The quantitative estimate of drug-likeness (QED) is 0.608. The molecule has 0 amide bonds. The average Bonchev–Trinajstić information content (AvgIpc) is 2.56. The molecule has 1 saturated carbocycles. The Morgan fingerprint density at radius 2 is 1.59 bits per heavy atom. The zero-order chi connectivity index (χ0) is 12.3. The molecule has 1 aliphatic heterocycles. The lowest BCUT2D eigenvalue weighted by molar-refractivity contribution is 0.131. The van der Waals surface area contributed by atoms with Gasteiger partial charge in [0.1, 0.15) is 0 Å². The monoisotopic (exact) mass is 237 g/mol. The van der Waals surface area contributed by atoms with Crippen molar-refractivity contribution in [2.75, 3.05) is 13.1 Å². The van der Waals surface area contributed by atoms with E-state index >= 15 is 0 Å². The molecule has 2 aliphatic rings. The minimum Gasteiger partial charge on any atom is -0.300 e. The first-order valence-electron chi connectivity index (χ1n) is 7.81. The van der Waals surface area contributed by atoms with Gasteiger partial charge in [0, 0.05) is 12.6 Å². The third kappa shape index (κ3) is 3.98. The molecule has 1 heteroatoms. The summed E-state index contributed by atoms with van der Waals surface area (Å²) in [6, 6.07) is 0.905. The van der Waals surface area contributed by atoms with Crippen LogP contribution >= 0.6 is 0 Å². The van der Waals surface area contributed by atoms with Gasteiger partial charge in [0.2, 0.25) is 0 Å². The van der Waals surface area contributed by atoms with Crippen LogP contribution in [0.4, 0.5) is 0 Å². The summed E-state index contributed by atoms with van der Waals surface area (Å²) in [5, 5.41) is 0. The van der Waals surface area contributed by atoms with Crippen LogP contribution in [0.15, 0.2) is 0 Å². The average molecular weight is 237 g/mol. The summed E-state index contributed by atoms with van der Waals surface area (Å²) in [6.45, 7) is 10.1. The fraction of sp³-hybridized carbons (Fsp3) is 1.00. The van der Waals surface area contributed by atoms with Crippen molar-refractivity contribution in [3.05, 3.63) is 0 Å². The van der Waals surface area contributed by atoms with E-state index in [4.69, 9.17) is 0 Å². The fourth-order valence-electron chi connectivity index (χ4n) is 4.06. The van der Waals surface area contributed by atoms with Gasteiger partial charge in [-0.25, -0.2) is 0 Å². The molecule has 1 atom stereocenters. The molecule has 0 aromatic rings. The van der Waals surface area contributed by atoms with Crippen molar-refractivity contribution >= 4 is 0 Å². The zero-order valence-electron chi connectivity index (χ0n) is 12.2. The van der Waals surface area contributed by atoms with E-state index in [1.54, 1.807) is 0 Å². The van der Waals surface area contributed by atoms with Gasteiger partial charge in [0.15, 0.2) is 0 Å². The third-order valence-electron chi connectivity index (χ3n) is 4.78. The predicted molar refractivity (Wildman–Crippen MR) is 75.2 cm³/mol. The molecule has 17 heavy (non-hydrogen) atoms. The normalized spacial score (nSPS) is 33.0. The van der Waals surface area contributed by atoms with Crippen LogP contribution in [0, 0.1) is 11.3 Å². The van der Waals surface area contributed by atoms with Crippen LogP contribution in [0.2, 0.25) is 0 Å². The van der Waals surface area contributed by atoms with Gasteiger partial charge in [-0.05, 0) is 43.6 Å². The van der Waals surface area contributed by atoms with Crippen molar-refractivity contribution in [3.8, 4) is 0 Å². The Kier molecular flexibility index (Phi) is 4.52. The standard InChI is InChI=1S/C16H31N/c1-14-10-11-17(13-16(2,3)12-14)15-8-6-4-5-7-9-15/h14-15H,4-13H2,1-3H3. The molecule has 1 heterocycles. The maximum absolute atomic E-state index is 2.84. The highest BCUT2D eigenvalue weighted by molar-refractivity contribution is 4.85. The Bertz CT molecular complexity index is 226. The third-order valence-corrected chi connectivity index (χ3v) is 4.78. The minimum absolute atomic E-state index is 0.530. The molecular formula is C16H31N. The highest BCUT2D eigenvalue weighted by atomic mass is 15.2. The van der Waals surface area contributed by atoms with Crippen LogP contribution in [0.1, 0.15) is 72.1 Å². The second-order valence-corrected chi connectivity index (χ2v) is 7.38. The summed E-state index contributed by atoms with van der Waals surface area (Å²) >= 11 is 0. The number of hydrogen-bond donors (Lipinski definition) is 0. The first-order chi connectivity index (χ1) is 8.07. The smallest absolute Gasteiger partial charge is 0.00954 e. The van der Waals surface area contributed by atoms with E-state index in [0.717, 1.165) is 12.0 Å². The lowest BCUT2D eigenvalue weighted by atomic mass is 9.83. The first kappa shape index (κ1) is 13.4. The molecule has 2 fully saturated rings. The maximum atomic E-state index is 2.84. The van der Waals surface area contributed by atoms with E-state index in [0.29, 0.717) is 5.41 Å². The van der Waals surface area contributed by atoms with E-state index < -0.39 is 0 Å². The van der Waals surface area contributed by atoms with Crippen molar-refractivity contribution in [1.82, 2.24) is 4.90 Å². The van der Waals surface area contributed by atoms with E-state index in [1.165, 1.54) is 64.5 Å². The van der Waals surface area contributed by atoms with Crippen molar-refractivity contribution in [3.63, 3.8) is 0 Å². The van der Waals surface area contributed by atoms with Crippen LogP contribution in [-0.4, -0.2) is 24.0 Å². The number of likely N-dealkylation sites (tertiary alicyclic amines) is 1. The molecular weight excluding hydrogens is 206 g/mol. The number of hydrogen-bond acceptors (Lipinski definition) is 1. The van der Waals surface area contributed by atoms with Gasteiger partial charge >= 0.3 is 0 Å². The summed E-state index contributed by atoms with van der Waals surface area (Å²) in [4.78, 5) is 2.84. The molecule has 0 radical (unpaired) electrons. The summed E-state index contributed by atoms with van der Waals surface area (Å²) in [6.07, 6.45) is 11.6. The summed E-state index contributed by atoms with van der Waals surface area (Å²) in [5.41, 5.74) is 0.530. The van der Waals surface area contributed by atoms with E-state index in [9.17, 15) is 0 Å². The van der Waals surface area contributed by atoms with Crippen LogP contribution in [0.25, 0.3) is 0 Å². The molecule has 0 aromatic carbocycles. The Hall–Kier alpha value is -0.0400. The van der Waals surface area contributed by atoms with Crippen molar-refractivity contribution in [2.24, 2.45) is 11.3 Å². The Balaban J connectivity index is 1.98. The van der Waals surface area contributed by atoms with Gasteiger partial charge in [0.25, 0.3) is 0 Å². The SMILES string of the molecule is CC1CCN(C2CCCCCC2)CC(C)(C)C1. The number of nitrogens with zero attached hydrogens (tertiary/aromatic N) is 1. The van der Waals surface area contributed by atoms with Crippen molar-refractivity contribution in [2.45, 2.75) is 78.2 Å². The van der Waals surface area contributed by atoms with Crippen LogP contribution in [-0.2, 0) is 0 Å². The van der Waals surface area contributed by atoms with Gasteiger partial charge < -0.3 is 0 Å². The number of rotatable bonds is 1. The van der Waals surface area contributed by atoms with Crippen LogP contribution in [0.5, 0.6) is 0 Å². The highest BCUT2D eigenvalue weighted by Gasteiger charge is 2.31. The predicted octanol–water partition coefficient (Wildman–Crippen LogP) is 4.47. The summed E-state index contributed by atoms with van der Waals surface area (Å²) in [5.74, 6) is 0.917. The first-order valence-corrected chi connectivity index (χ1v) is 7.81. The Morgan fingerprint density at radius 1 is 0.941 bits per heavy atom. The fourth-order valence-corrected chi connectivity index (χ4v) is 4.06. The Morgan fingerprint density at radius 3 is 2.24 bits per heavy atom. The molecule has 0 bridgehead atoms. The summed E-state index contributed by atoms with van der Waals surface area (Å²) in [7, 11) is 0. The van der Waals surface area contributed by atoms with Gasteiger partial charge in [-0.1, -0.05) is 46.5 Å². The second kappa shape index (κ2) is 5.73. The van der Waals surface area contributed by atoms with Crippen LogP contribution < -0.4 is 0 Å². The maximum Gasteiger partial charge on any atom is 0.00954 e. The Labute approximate surface area is 108 Å². The highest BCUT2D eigenvalue weighted by Crippen LogP contribution is 2.34. The minimum atomic E-state index is 0.530. The zero-order valence-corrected chi connectivity index (χ0v) is 12.2. The molecule has 1 aliphatic carbocycles. The lowest BCUT2D eigenvalue weighted by Gasteiger charge is -2.35. The molecule has 0 aromatic heterocycles. The molecule has 100 valence electrons. The van der Waals surface area contributed by atoms with E-state index in [2.05, 4.69) is 25.7 Å². The van der Waals surface area contributed by atoms with E-state index in [-0.39, 0.29) is 0 Å². The molecule has 1 saturated heterocycles. The molecule has 1 unspecified atom stereocenters. The van der Waals surface area contributed by atoms with Gasteiger partial charge in [-0.3, -0.25) is 4.90 Å². The van der Waals surface area contributed by atoms with Crippen molar-refractivity contribution < 1.29 is 0 Å². The van der Waals surface area contributed by atoms with Crippen molar-refractivity contribution in [1.29, 1.82) is 0 Å².